The van der Waals surface area contributed by atoms with Gasteiger partial charge < -0.3 is 30.9 Å². The van der Waals surface area contributed by atoms with Gasteiger partial charge in [0.2, 0.25) is 5.91 Å². The van der Waals surface area contributed by atoms with E-state index in [1.165, 1.54) is 0 Å². The number of thiol groups is 1. The van der Waals surface area contributed by atoms with Crippen molar-refractivity contribution in [3.05, 3.63) is 0 Å². The summed E-state index contributed by atoms with van der Waals surface area (Å²) >= 11 is 3.83. The molecule has 0 radical (unpaired) electrons. The van der Waals surface area contributed by atoms with Crippen molar-refractivity contribution in [2.24, 2.45) is 5.73 Å². The van der Waals surface area contributed by atoms with Crippen molar-refractivity contribution in [3.8, 4) is 0 Å². The van der Waals surface area contributed by atoms with Gasteiger partial charge in [-0.15, -0.1) is 0 Å². The Labute approximate surface area is 98.2 Å². The maximum atomic E-state index is 10.9. The summed E-state index contributed by atoms with van der Waals surface area (Å²) in [6, 6.07) is 0. The van der Waals surface area contributed by atoms with Gasteiger partial charge in [0.15, 0.2) is 6.10 Å². The Morgan fingerprint density at radius 3 is 2.25 bits per heavy atom. The van der Waals surface area contributed by atoms with Gasteiger partial charge in [0, 0.05) is 5.75 Å². The van der Waals surface area contributed by atoms with Crippen LogP contribution in [0.15, 0.2) is 0 Å². The van der Waals surface area contributed by atoms with Crippen molar-refractivity contribution in [1.29, 1.82) is 0 Å². The molecule has 0 aromatic heterocycles. The molecule has 0 aliphatic rings. The van der Waals surface area contributed by atoms with Gasteiger partial charge in [-0.05, 0) is 0 Å². The number of ether oxygens (including phenoxy) is 1. The second kappa shape index (κ2) is 7.82. The number of amides is 1. The summed E-state index contributed by atoms with van der Waals surface area (Å²) in [5.74, 6) is -0.673. The molecule has 96 valence electrons. The number of hydrogen-bond donors (Lipinski definition) is 6. The molecular weight excluding hydrogens is 238 g/mol. The number of aliphatic hydroxyl groups excluding tert-OH is 4. The fourth-order valence-corrected chi connectivity index (χ4v) is 1.15. The van der Waals surface area contributed by atoms with Crippen LogP contribution in [0.5, 0.6) is 0 Å². The minimum Gasteiger partial charge on any atom is -0.394 e. The van der Waals surface area contributed by atoms with E-state index < -0.39 is 36.9 Å². The largest absolute Gasteiger partial charge is 0.394 e. The number of nitrogens with two attached hydrogens (primary N) is 1. The van der Waals surface area contributed by atoms with E-state index in [4.69, 9.17) is 20.7 Å². The second-order valence-electron chi connectivity index (χ2n) is 3.15. The average Bonchev–Trinajstić information content (AvgIpc) is 2.26. The Bertz CT molecular complexity index is 217. The van der Waals surface area contributed by atoms with Crippen LogP contribution in [-0.4, -0.2) is 69.7 Å². The average molecular weight is 255 g/mol. The zero-order valence-electron chi connectivity index (χ0n) is 8.56. The number of rotatable bonds is 8. The normalized spacial score (nSPS) is 18.8. The fraction of sp³-hybridized carbons (Fsp3) is 0.875. The molecule has 1 amide bonds. The maximum absolute atomic E-state index is 10.9. The molecule has 0 saturated carbocycles. The first-order valence-corrected chi connectivity index (χ1v) is 5.25. The number of primary amides is 1. The Kier molecular flexibility index (Phi) is 7.64. The highest BCUT2D eigenvalue weighted by Crippen LogP contribution is 2.08. The Hall–Kier alpha value is -0.380. The van der Waals surface area contributed by atoms with Crippen LogP contribution >= 0.6 is 12.6 Å². The van der Waals surface area contributed by atoms with Crippen LogP contribution < -0.4 is 5.73 Å². The summed E-state index contributed by atoms with van der Waals surface area (Å²) in [5.41, 5.74) is 4.95. The quantitative estimate of drug-likeness (QED) is 0.254. The predicted molar refractivity (Wildman–Crippen MR) is 57.9 cm³/mol. The predicted octanol–water partition coefficient (Wildman–Crippen LogP) is -3.14. The first-order valence-electron chi connectivity index (χ1n) is 4.62. The highest BCUT2D eigenvalue weighted by molar-refractivity contribution is 7.80. The standard InChI is InChI=1S/C8H17NO6S/c9-8(14)7(15-1-2-16)6(13)5(12)4(11)3-10/h4-7,10-13,16H,1-3H2,(H2,9,14)/t4-,5-,6+,7-/m1/s1. The van der Waals surface area contributed by atoms with Crippen molar-refractivity contribution in [2.75, 3.05) is 19.0 Å². The van der Waals surface area contributed by atoms with Crippen LogP contribution in [0.4, 0.5) is 0 Å². The zero-order chi connectivity index (χ0) is 12.7. The van der Waals surface area contributed by atoms with Gasteiger partial charge in [0.25, 0.3) is 0 Å². The van der Waals surface area contributed by atoms with E-state index in [9.17, 15) is 15.0 Å². The van der Waals surface area contributed by atoms with Crippen LogP contribution in [-0.2, 0) is 9.53 Å². The summed E-state index contributed by atoms with van der Waals surface area (Å²) in [6.45, 7) is -0.702. The Morgan fingerprint density at radius 2 is 1.88 bits per heavy atom. The first-order chi connectivity index (χ1) is 7.45. The van der Waals surface area contributed by atoms with E-state index in [1.54, 1.807) is 0 Å². The molecule has 16 heavy (non-hydrogen) atoms. The van der Waals surface area contributed by atoms with Crippen molar-refractivity contribution >= 4 is 18.5 Å². The van der Waals surface area contributed by atoms with E-state index in [0.717, 1.165) is 0 Å². The van der Waals surface area contributed by atoms with Gasteiger partial charge in [-0.25, -0.2) is 0 Å². The van der Waals surface area contributed by atoms with E-state index in [0.29, 0.717) is 5.75 Å². The highest BCUT2D eigenvalue weighted by atomic mass is 32.1. The monoisotopic (exact) mass is 255 g/mol. The molecule has 7 nitrogen and oxygen atoms in total. The third kappa shape index (κ3) is 4.64. The molecule has 0 aromatic rings. The minimum absolute atomic E-state index is 0.0513. The molecule has 0 aliphatic heterocycles. The van der Waals surface area contributed by atoms with E-state index in [-0.39, 0.29) is 6.61 Å². The molecule has 0 bridgehead atoms. The maximum Gasteiger partial charge on any atom is 0.249 e. The Morgan fingerprint density at radius 1 is 1.31 bits per heavy atom. The smallest absolute Gasteiger partial charge is 0.249 e. The summed E-state index contributed by atoms with van der Waals surface area (Å²) < 4.78 is 4.88. The zero-order valence-corrected chi connectivity index (χ0v) is 9.46. The van der Waals surface area contributed by atoms with Gasteiger partial charge in [-0.1, -0.05) is 0 Å². The van der Waals surface area contributed by atoms with Crippen molar-refractivity contribution < 1.29 is 30.0 Å². The lowest BCUT2D eigenvalue weighted by Gasteiger charge is -2.26. The lowest BCUT2D eigenvalue weighted by molar-refractivity contribution is -0.154. The number of hydrogen-bond acceptors (Lipinski definition) is 7. The van der Waals surface area contributed by atoms with E-state index in [2.05, 4.69) is 12.6 Å². The number of aliphatic hydroxyl groups is 4. The lowest BCUT2D eigenvalue weighted by atomic mass is 10.0. The molecule has 0 aromatic carbocycles. The number of carbonyl (C=O) groups is 1. The molecule has 0 fully saturated rings. The van der Waals surface area contributed by atoms with Gasteiger partial charge in [0.05, 0.1) is 13.2 Å². The van der Waals surface area contributed by atoms with E-state index >= 15 is 0 Å². The number of carbonyl (C=O) groups excluding carboxylic acids is 1. The molecule has 0 rings (SSSR count). The van der Waals surface area contributed by atoms with Gasteiger partial charge in [-0.2, -0.15) is 12.6 Å². The van der Waals surface area contributed by atoms with Crippen molar-refractivity contribution in [3.63, 3.8) is 0 Å². The van der Waals surface area contributed by atoms with Crippen LogP contribution in [0.25, 0.3) is 0 Å². The topological polar surface area (TPSA) is 133 Å². The Balaban J connectivity index is 4.47. The third-order valence-corrected chi connectivity index (χ3v) is 2.09. The fourth-order valence-electron chi connectivity index (χ4n) is 1.04. The van der Waals surface area contributed by atoms with Gasteiger partial charge in [0.1, 0.15) is 18.3 Å². The summed E-state index contributed by atoms with van der Waals surface area (Å²) in [6.07, 6.45) is -6.46. The molecular formula is C8H17NO6S. The highest BCUT2D eigenvalue weighted by Gasteiger charge is 2.34. The molecule has 0 unspecified atom stereocenters. The molecule has 0 saturated heterocycles. The van der Waals surface area contributed by atoms with Gasteiger partial charge >= 0.3 is 0 Å². The summed E-state index contributed by atoms with van der Waals surface area (Å²) in [4.78, 5) is 10.9. The van der Waals surface area contributed by atoms with Crippen molar-refractivity contribution in [1.82, 2.24) is 0 Å². The first kappa shape index (κ1) is 15.6. The second-order valence-corrected chi connectivity index (χ2v) is 3.60. The van der Waals surface area contributed by atoms with Gasteiger partial charge in [-0.3, -0.25) is 4.79 Å². The van der Waals surface area contributed by atoms with Crippen LogP contribution in [0.1, 0.15) is 0 Å². The molecule has 0 heterocycles. The van der Waals surface area contributed by atoms with Crippen LogP contribution in [0.3, 0.4) is 0 Å². The molecule has 0 spiro atoms. The van der Waals surface area contributed by atoms with Crippen LogP contribution in [0, 0.1) is 0 Å². The molecule has 6 N–H and O–H groups in total. The SMILES string of the molecule is NC(=O)[C@H](OCCS)[C@@H](O)[C@H](O)[C@H](O)CO. The molecule has 8 heteroatoms. The molecule has 4 atom stereocenters. The lowest BCUT2D eigenvalue weighted by Crippen LogP contribution is -2.51. The van der Waals surface area contributed by atoms with E-state index in [1.807, 2.05) is 0 Å². The van der Waals surface area contributed by atoms with Crippen molar-refractivity contribution in [2.45, 2.75) is 24.4 Å². The summed E-state index contributed by atoms with van der Waals surface area (Å²) in [5, 5.41) is 36.5. The summed E-state index contributed by atoms with van der Waals surface area (Å²) in [7, 11) is 0. The molecule has 0 aliphatic carbocycles. The third-order valence-electron chi connectivity index (χ3n) is 1.91. The van der Waals surface area contributed by atoms with Crippen LogP contribution in [0.2, 0.25) is 0 Å². The minimum atomic E-state index is -1.72.